The molecule has 5 rings (SSSR count). The minimum Gasteiger partial charge on any atom is -0.492 e. The topological polar surface area (TPSA) is 69.7 Å². The summed E-state index contributed by atoms with van der Waals surface area (Å²) in [4.78, 5) is 17.8. The van der Waals surface area contributed by atoms with Crippen LogP contribution >= 0.6 is 11.3 Å². The fraction of sp³-hybridized carbons (Fsp3) is 0.440. The number of carbonyl (C=O) groups is 1. The van der Waals surface area contributed by atoms with Gasteiger partial charge in [-0.25, -0.2) is 4.98 Å². The summed E-state index contributed by atoms with van der Waals surface area (Å²) in [5, 5.41) is 4.26. The summed E-state index contributed by atoms with van der Waals surface area (Å²) < 4.78 is 18.0. The van der Waals surface area contributed by atoms with E-state index >= 15 is 0 Å². The molecule has 0 bridgehead atoms. The maximum Gasteiger partial charge on any atom is 0.194 e. The van der Waals surface area contributed by atoms with Crippen LogP contribution in [0.3, 0.4) is 0 Å². The summed E-state index contributed by atoms with van der Waals surface area (Å²) >= 11 is 1.48. The first-order valence-electron chi connectivity index (χ1n) is 11.4. The van der Waals surface area contributed by atoms with E-state index in [-0.39, 0.29) is 11.7 Å². The number of fused-ring (bicyclic) bond motifs is 2. The first kappa shape index (κ1) is 21.2. The van der Waals surface area contributed by atoms with Gasteiger partial charge in [-0.05, 0) is 62.4 Å². The molecule has 1 saturated carbocycles. The second-order valence-electron chi connectivity index (χ2n) is 8.33. The lowest BCUT2D eigenvalue weighted by Crippen LogP contribution is -2.34. The van der Waals surface area contributed by atoms with Gasteiger partial charge in [0.1, 0.15) is 24.5 Å². The molecule has 32 heavy (non-hydrogen) atoms. The number of nitrogens with zero attached hydrogens (tertiary/aromatic N) is 1. The smallest absolute Gasteiger partial charge is 0.194 e. The summed E-state index contributed by atoms with van der Waals surface area (Å²) in [6.07, 6.45) is 3.78. The molecule has 2 aliphatic rings. The van der Waals surface area contributed by atoms with Crippen molar-refractivity contribution in [2.45, 2.75) is 45.2 Å². The van der Waals surface area contributed by atoms with Crippen molar-refractivity contribution in [2.24, 2.45) is 5.92 Å². The highest BCUT2D eigenvalue weighted by molar-refractivity contribution is 7.20. The SMILES string of the molecule is CCOc1cccc2sc(C(=O)[C@H]3CC[C@H](NCc4ccc5c(c4)OCCO5)CC3)nc12. The zero-order valence-corrected chi connectivity index (χ0v) is 19.1. The van der Waals surface area contributed by atoms with Crippen LogP contribution < -0.4 is 19.5 Å². The summed E-state index contributed by atoms with van der Waals surface area (Å²) in [6.45, 7) is 4.54. The van der Waals surface area contributed by atoms with Crippen molar-refractivity contribution in [1.82, 2.24) is 10.3 Å². The van der Waals surface area contributed by atoms with Gasteiger partial charge in [0.2, 0.25) is 0 Å². The Kier molecular flexibility index (Phi) is 6.28. The number of hydrogen-bond donors (Lipinski definition) is 1. The molecule has 0 amide bonds. The quantitative estimate of drug-likeness (QED) is 0.509. The lowest BCUT2D eigenvalue weighted by Gasteiger charge is -2.28. The Bertz CT molecular complexity index is 1100. The Labute approximate surface area is 191 Å². The molecule has 2 heterocycles. The molecule has 1 aliphatic carbocycles. The maximum atomic E-state index is 13.1. The van der Waals surface area contributed by atoms with Crippen LogP contribution in [0.15, 0.2) is 36.4 Å². The fourth-order valence-electron chi connectivity index (χ4n) is 4.49. The first-order valence-corrected chi connectivity index (χ1v) is 12.2. The molecule has 6 nitrogen and oxygen atoms in total. The van der Waals surface area contributed by atoms with Crippen molar-refractivity contribution in [2.75, 3.05) is 19.8 Å². The zero-order valence-electron chi connectivity index (χ0n) is 18.3. The fourth-order valence-corrected chi connectivity index (χ4v) is 5.50. The van der Waals surface area contributed by atoms with Crippen LogP contribution in [0.1, 0.15) is 48.0 Å². The Balaban J connectivity index is 1.16. The number of rotatable bonds is 7. The third-order valence-electron chi connectivity index (χ3n) is 6.19. The maximum absolute atomic E-state index is 13.1. The number of aromatic nitrogens is 1. The van der Waals surface area contributed by atoms with Crippen molar-refractivity contribution in [1.29, 1.82) is 0 Å². The summed E-state index contributed by atoms with van der Waals surface area (Å²) in [7, 11) is 0. The molecule has 168 valence electrons. The minimum absolute atomic E-state index is 0.0541. The van der Waals surface area contributed by atoms with E-state index in [9.17, 15) is 4.79 Å². The van der Waals surface area contributed by atoms with E-state index in [1.807, 2.05) is 31.2 Å². The summed E-state index contributed by atoms with van der Waals surface area (Å²) in [5.41, 5.74) is 1.99. The number of hydrogen-bond acceptors (Lipinski definition) is 7. The van der Waals surface area contributed by atoms with Crippen LogP contribution in [0.4, 0.5) is 0 Å². The van der Waals surface area contributed by atoms with Crippen LogP contribution in [0.2, 0.25) is 0 Å². The van der Waals surface area contributed by atoms with E-state index < -0.39 is 0 Å². The van der Waals surface area contributed by atoms with E-state index in [1.165, 1.54) is 16.9 Å². The predicted molar refractivity (Wildman–Crippen MR) is 125 cm³/mol. The molecule has 7 heteroatoms. The molecule has 1 fully saturated rings. The van der Waals surface area contributed by atoms with E-state index in [2.05, 4.69) is 22.4 Å². The highest BCUT2D eigenvalue weighted by Gasteiger charge is 2.29. The normalized spacial score (nSPS) is 20.3. The molecule has 1 aromatic heterocycles. The van der Waals surface area contributed by atoms with Gasteiger partial charge in [0.15, 0.2) is 22.3 Å². The second kappa shape index (κ2) is 9.46. The molecule has 0 radical (unpaired) electrons. The summed E-state index contributed by atoms with van der Waals surface area (Å²) in [5.74, 6) is 2.64. The van der Waals surface area contributed by atoms with Crippen LogP contribution in [0, 0.1) is 5.92 Å². The van der Waals surface area contributed by atoms with Crippen LogP contribution in [-0.2, 0) is 6.54 Å². The van der Waals surface area contributed by atoms with Crippen molar-refractivity contribution in [3.8, 4) is 17.2 Å². The molecule has 0 unspecified atom stereocenters. The Morgan fingerprint density at radius 3 is 2.75 bits per heavy atom. The van der Waals surface area contributed by atoms with Crippen molar-refractivity contribution in [3.63, 3.8) is 0 Å². The molecule has 0 atom stereocenters. The molecule has 0 saturated heterocycles. The molecule has 1 N–H and O–H groups in total. The van der Waals surface area contributed by atoms with Crippen LogP contribution in [0.25, 0.3) is 10.2 Å². The lowest BCUT2D eigenvalue weighted by atomic mass is 9.83. The molecule has 0 spiro atoms. The molecule has 1 aliphatic heterocycles. The average molecular weight is 453 g/mol. The number of carbonyl (C=O) groups excluding carboxylic acids is 1. The standard InChI is InChI=1S/C25H28N2O4S/c1-2-29-20-4-3-5-22-23(20)27-25(32-22)24(28)17-7-9-18(10-8-17)26-15-16-6-11-19-21(14-16)31-13-12-30-19/h3-6,11,14,17-18,26H,2,7-10,12-13,15H2,1H3/t17-,18-. The van der Waals surface area contributed by atoms with Gasteiger partial charge in [0, 0.05) is 18.5 Å². The monoisotopic (exact) mass is 452 g/mol. The van der Waals surface area contributed by atoms with Gasteiger partial charge in [-0.3, -0.25) is 4.79 Å². The lowest BCUT2D eigenvalue weighted by molar-refractivity contribution is 0.0879. The number of ketones is 1. The van der Waals surface area contributed by atoms with Gasteiger partial charge < -0.3 is 19.5 Å². The van der Waals surface area contributed by atoms with E-state index in [0.29, 0.717) is 30.9 Å². The molecule has 3 aromatic rings. The predicted octanol–water partition coefficient (Wildman–Crippen LogP) is 5.00. The third-order valence-corrected chi connectivity index (χ3v) is 7.23. The van der Waals surface area contributed by atoms with E-state index in [4.69, 9.17) is 14.2 Å². The molecule has 2 aromatic carbocycles. The van der Waals surface area contributed by atoms with Gasteiger partial charge in [-0.15, -0.1) is 11.3 Å². The van der Waals surface area contributed by atoms with Crippen LogP contribution in [0.5, 0.6) is 17.2 Å². The largest absolute Gasteiger partial charge is 0.492 e. The average Bonchev–Trinajstić information content (AvgIpc) is 3.28. The number of ether oxygens (including phenoxy) is 3. The Hall–Kier alpha value is -2.64. The second-order valence-corrected chi connectivity index (χ2v) is 9.36. The number of benzene rings is 2. The molecular weight excluding hydrogens is 424 g/mol. The van der Waals surface area contributed by atoms with Crippen LogP contribution in [-0.4, -0.2) is 36.6 Å². The number of para-hydroxylation sites is 1. The van der Waals surface area contributed by atoms with Gasteiger partial charge in [0.25, 0.3) is 0 Å². The molecular formula is C25H28N2O4S. The minimum atomic E-state index is 0.0541. The van der Waals surface area contributed by atoms with Gasteiger partial charge in [-0.2, -0.15) is 0 Å². The van der Waals surface area contributed by atoms with E-state index in [1.54, 1.807) is 0 Å². The first-order chi connectivity index (χ1) is 15.7. The van der Waals surface area contributed by atoms with Crippen molar-refractivity contribution >= 4 is 27.3 Å². The van der Waals surface area contributed by atoms with Gasteiger partial charge in [-0.1, -0.05) is 12.1 Å². The summed E-state index contributed by atoms with van der Waals surface area (Å²) in [6, 6.07) is 12.4. The Morgan fingerprint density at radius 1 is 1.12 bits per heavy atom. The number of thiazole rings is 1. The Morgan fingerprint density at radius 2 is 1.94 bits per heavy atom. The number of nitrogens with one attached hydrogen (secondary N) is 1. The highest BCUT2D eigenvalue weighted by atomic mass is 32.1. The highest BCUT2D eigenvalue weighted by Crippen LogP contribution is 2.34. The van der Waals surface area contributed by atoms with Crippen molar-refractivity contribution < 1.29 is 19.0 Å². The van der Waals surface area contributed by atoms with E-state index in [0.717, 1.165) is 59.7 Å². The van der Waals surface area contributed by atoms with Gasteiger partial charge >= 0.3 is 0 Å². The van der Waals surface area contributed by atoms with Gasteiger partial charge in [0.05, 0.1) is 11.3 Å². The zero-order chi connectivity index (χ0) is 21.9. The third kappa shape index (κ3) is 4.45. The number of Topliss-reactive ketones (excluding diaryl/α,β-unsaturated/α-hetero) is 1. The van der Waals surface area contributed by atoms with Crippen molar-refractivity contribution in [3.05, 3.63) is 47.0 Å².